The van der Waals surface area contributed by atoms with E-state index in [1.807, 2.05) is 6.92 Å². The van der Waals surface area contributed by atoms with Gasteiger partial charge in [-0.15, -0.1) is 0 Å². The highest BCUT2D eigenvalue weighted by Crippen LogP contribution is 2.21. The highest BCUT2D eigenvalue weighted by Gasteiger charge is 2.32. The Bertz CT molecular complexity index is 711. The zero-order valence-electron chi connectivity index (χ0n) is 21.4. The fourth-order valence-electron chi connectivity index (χ4n) is 4.59. The molecular formula is C28H49NO3S. The maximum absolute atomic E-state index is 12.3. The van der Waals surface area contributed by atoms with Gasteiger partial charge in [0.25, 0.3) is 10.1 Å². The summed E-state index contributed by atoms with van der Waals surface area (Å²) in [7, 11) is -3.64. The first-order chi connectivity index (χ1) is 16.0. The van der Waals surface area contributed by atoms with Crippen LogP contribution in [0, 0.1) is 6.92 Å². The number of nitrogens with zero attached hydrogens (tertiary/aromatic N) is 1. The molecule has 0 radical (unpaired) electrons. The lowest BCUT2D eigenvalue weighted by atomic mass is 10.0. The predicted molar refractivity (Wildman–Crippen MR) is 139 cm³/mol. The van der Waals surface area contributed by atoms with Gasteiger partial charge < -0.3 is 0 Å². The van der Waals surface area contributed by atoms with E-state index in [1.165, 1.54) is 103 Å². The highest BCUT2D eigenvalue weighted by molar-refractivity contribution is 7.86. The molecule has 1 aromatic rings. The van der Waals surface area contributed by atoms with Gasteiger partial charge in [0.2, 0.25) is 0 Å². The number of unbranched alkanes of at least 4 members (excludes halogenated alkanes) is 15. The molecule has 0 spiro atoms. The van der Waals surface area contributed by atoms with E-state index in [2.05, 4.69) is 11.8 Å². The topological polar surface area (TPSA) is 46.6 Å². The van der Waals surface area contributed by atoms with Gasteiger partial charge in [0.05, 0.1) is 4.90 Å². The molecule has 0 saturated carbocycles. The lowest BCUT2D eigenvalue weighted by Gasteiger charge is -2.38. The molecule has 4 nitrogen and oxygen atoms in total. The monoisotopic (exact) mass is 479 g/mol. The summed E-state index contributed by atoms with van der Waals surface area (Å²) in [5.74, 6) is 0. The van der Waals surface area contributed by atoms with Gasteiger partial charge in [-0.05, 0) is 32.0 Å². The lowest BCUT2D eigenvalue weighted by Crippen LogP contribution is -2.52. The van der Waals surface area contributed by atoms with Crippen LogP contribution in [0.1, 0.15) is 115 Å². The summed E-state index contributed by atoms with van der Waals surface area (Å²) in [5, 5.41) is 0. The quantitative estimate of drug-likeness (QED) is 0.142. The van der Waals surface area contributed by atoms with Crippen molar-refractivity contribution in [2.24, 2.45) is 0 Å². The zero-order chi connectivity index (χ0) is 23.8. The summed E-state index contributed by atoms with van der Waals surface area (Å²) in [4.78, 5) is 2.56. The number of aryl methyl sites for hydroxylation is 1. The average molecular weight is 480 g/mol. The Kier molecular flexibility index (Phi) is 14.3. The third-order valence-electron chi connectivity index (χ3n) is 6.82. The Balaban J connectivity index is 1.34. The van der Waals surface area contributed by atoms with E-state index in [9.17, 15) is 8.42 Å². The van der Waals surface area contributed by atoms with Crippen LogP contribution in [-0.2, 0) is 14.3 Å². The zero-order valence-corrected chi connectivity index (χ0v) is 22.2. The normalized spacial score (nSPS) is 15.1. The van der Waals surface area contributed by atoms with E-state index >= 15 is 0 Å². The van der Waals surface area contributed by atoms with Crippen LogP contribution >= 0.6 is 0 Å². The van der Waals surface area contributed by atoms with Crippen LogP contribution in [0.2, 0.25) is 0 Å². The molecule has 0 bridgehead atoms. The van der Waals surface area contributed by atoms with Crippen molar-refractivity contribution in [3.8, 4) is 0 Å². The number of hydrogen-bond acceptors (Lipinski definition) is 4. The fourth-order valence-corrected chi connectivity index (χ4v) is 5.65. The maximum Gasteiger partial charge on any atom is 0.297 e. The van der Waals surface area contributed by atoms with Gasteiger partial charge in [0, 0.05) is 13.1 Å². The second-order valence-corrected chi connectivity index (χ2v) is 11.6. The molecule has 2 rings (SSSR count). The van der Waals surface area contributed by atoms with Gasteiger partial charge >= 0.3 is 0 Å². The first-order valence-corrected chi connectivity index (χ1v) is 15.1. The summed E-state index contributed by atoms with van der Waals surface area (Å²) in [5.41, 5.74) is 1.04. The summed E-state index contributed by atoms with van der Waals surface area (Å²) in [6.07, 6.45) is 22.0. The lowest BCUT2D eigenvalue weighted by molar-refractivity contribution is 0.0234. The largest absolute Gasteiger partial charge is 0.298 e. The number of likely N-dealkylation sites (tertiary alicyclic amines) is 1. The molecule has 5 heteroatoms. The van der Waals surface area contributed by atoms with Crippen molar-refractivity contribution < 1.29 is 12.6 Å². The Morgan fingerprint density at radius 1 is 0.727 bits per heavy atom. The summed E-state index contributed by atoms with van der Waals surface area (Å²) in [6, 6.07) is 6.86. The van der Waals surface area contributed by atoms with E-state index in [0.717, 1.165) is 25.2 Å². The molecule has 190 valence electrons. The van der Waals surface area contributed by atoms with Gasteiger partial charge in [-0.25, -0.2) is 0 Å². The molecule has 33 heavy (non-hydrogen) atoms. The van der Waals surface area contributed by atoms with Crippen molar-refractivity contribution in [3.05, 3.63) is 29.8 Å². The van der Waals surface area contributed by atoms with Crippen LogP contribution in [0.25, 0.3) is 0 Å². The van der Waals surface area contributed by atoms with E-state index in [-0.39, 0.29) is 11.0 Å². The first-order valence-electron chi connectivity index (χ1n) is 13.7. The van der Waals surface area contributed by atoms with Gasteiger partial charge in [-0.3, -0.25) is 9.08 Å². The van der Waals surface area contributed by atoms with Gasteiger partial charge in [0.15, 0.2) is 0 Å². The molecule has 1 aliphatic heterocycles. The van der Waals surface area contributed by atoms with Gasteiger partial charge in [-0.2, -0.15) is 8.42 Å². The second kappa shape index (κ2) is 16.7. The highest BCUT2D eigenvalue weighted by atomic mass is 32.2. The maximum atomic E-state index is 12.3. The van der Waals surface area contributed by atoms with Crippen LogP contribution in [0.4, 0.5) is 0 Å². The van der Waals surface area contributed by atoms with E-state index in [1.54, 1.807) is 24.3 Å². The SMILES string of the molecule is CCCCCCCCCCCCCCCCCCN1CC(OS(=O)(=O)c2ccc(C)cc2)C1. The molecule has 1 fully saturated rings. The Labute approximate surface area is 204 Å². The molecule has 1 saturated heterocycles. The molecule has 0 N–H and O–H groups in total. The van der Waals surface area contributed by atoms with Gasteiger partial charge in [-0.1, -0.05) is 121 Å². The van der Waals surface area contributed by atoms with Crippen molar-refractivity contribution in [2.75, 3.05) is 19.6 Å². The third-order valence-corrected chi connectivity index (χ3v) is 8.20. The molecule has 0 aromatic heterocycles. The molecule has 0 atom stereocenters. The molecule has 1 heterocycles. The van der Waals surface area contributed by atoms with Crippen LogP contribution < -0.4 is 0 Å². The molecule has 1 aliphatic rings. The predicted octanol–water partition coefficient (Wildman–Crippen LogP) is 7.65. The molecular weight excluding hydrogens is 430 g/mol. The van der Waals surface area contributed by atoms with Crippen molar-refractivity contribution >= 4 is 10.1 Å². The summed E-state index contributed by atoms with van der Waals surface area (Å²) >= 11 is 0. The fraction of sp³-hybridized carbons (Fsp3) is 0.786. The number of benzene rings is 1. The molecule has 0 unspecified atom stereocenters. The summed E-state index contributed by atoms with van der Waals surface area (Å²) in [6.45, 7) is 6.74. The van der Waals surface area contributed by atoms with Crippen LogP contribution in [0.15, 0.2) is 29.2 Å². The van der Waals surface area contributed by atoms with Gasteiger partial charge in [0.1, 0.15) is 6.10 Å². The number of rotatable bonds is 20. The second-order valence-electron chi connectivity index (χ2n) is 10.0. The van der Waals surface area contributed by atoms with E-state index in [0.29, 0.717) is 0 Å². The number of hydrogen-bond donors (Lipinski definition) is 0. The average Bonchev–Trinajstić information content (AvgIpc) is 2.77. The van der Waals surface area contributed by atoms with Crippen LogP contribution in [0.5, 0.6) is 0 Å². The summed E-state index contributed by atoms with van der Waals surface area (Å²) < 4.78 is 30.1. The van der Waals surface area contributed by atoms with Crippen molar-refractivity contribution in [1.82, 2.24) is 4.90 Å². The van der Waals surface area contributed by atoms with E-state index < -0.39 is 10.1 Å². The van der Waals surface area contributed by atoms with Crippen molar-refractivity contribution in [1.29, 1.82) is 0 Å². The first kappa shape index (κ1) is 28.3. The Hall–Kier alpha value is -0.910. The minimum Gasteiger partial charge on any atom is -0.298 e. The Morgan fingerprint density at radius 3 is 1.61 bits per heavy atom. The van der Waals surface area contributed by atoms with Crippen molar-refractivity contribution in [3.63, 3.8) is 0 Å². The third kappa shape index (κ3) is 12.4. The Morgan fingerprint density at radius 2 is 1.15 bits per heavy atom. The minimum absolute atomic E-state index is 0.197. The minimum atomic E-state index is -3.64. The van der Waals surface area contributed by atoms with E-state index in [4.69, 9.17) is 4.18 Å². The molecule has 0 aliphatic carbocycles. The smallest absolute Gasteiger partial charge is 0.297 e. The molecule has 1 aromatic carbocycles. The van der Waals surface area contributed by atoms with Crippen LogP contribution in [-0.4, -0.2) is 39.1 Å². The van der Waals surface area contributed by atoms with Crippen LogP contribution in [0.3, 0.4) is 0 Å². The van der Waals surface area contributed by atoms with Crippen molar-refractivity contribution in [2.45, 2.75) is 128 Å². The molecule has 0 amide bonds. The standard InChI is InChI=1S/C28H49NO3S/c1-3-4-5-6-7-8-9-10-11-12-13-14-15-16-17-18-23-29-24-27(25-29)32-33(30,31)28-21-19-26(2)20-22-28/h19-22,27H,3-18,23-25H2,1-2H3.